The number of carboxylic acid groups (broad SMARTS) is 1. The van der Waals surface area contributed by atoms with Crippen LogP contribution < -0.4 is 10.6 Å². The van der Waals surface area contributed by atoms with Gasteiger partial charge in [0.05, 0.1) is 12.1 Å². The number of nitrogens with zero attached hydrogens (tertiary/aromatic N) is 1. The molecular formula is C14H19N3O4. The average Bonchev–Trinajstić information content (AvgIpc) is 2.44. The van der Waals surface area contributed by atoms with E-state index in [4.69, 9.17) is 5.11 Å². The lowest BCUT2D eigenvalue weighted by Gasteiger charge is -2.16. The van der Waals surface area contributed by atoms with Crippen molar-refractivity contribution in [1.82, 2.24) is 15.6 Å². The van der Waals surface area contributed by atoms with Crippen LogP contribution in [0.4, 0.5) is 0 Å². The van der Waals surface area contributed by atoms with Gasteiger partial charge in [-0.3, -0.25) is 14.6 Å². The second-order valence-electron chi connectivity index (χ2n) is 5.01. The van der Waals surface area contributed by atoms with Gasteiger partial charge in [0.1, 0.15) is 6.04 Å². The van der Waals surface area contributed by atoms with E-state index in [1.165, 1.54) is 12.4 Å². The number of carbonyl (C=O) groups excluding carboxylic acids is 2. The highest BCUT2D eigenvalue weighted by atomic mass is 16.4. The number of aliphatic carboxylic acids is 1. The van der Waals surface area contributed by atoms with E-state index in [1.807, 2.05) is 13.8 Å². The number of amides is 2. The zero-order valence-electron chi connectivity index (χ0n) is 12.0. The number of pyridine rings is 1. The van der Waals surface area contributed by atoms with Crippen LogP contribution in [0, 0.1) is 5.92 Å². The molecule has 1 heterocycles. The van der Waals surface area contributed by atoms with Crippen LogP contribution >= 0.6 is 0 Å². The standard InChI is InChI=1S/C14H19N3O4/c1-9(2)6-11(14(20)21)17-12(18)8-16-13(19)10-4-3-5-15-7-10/h3-5,7,9,11H,6,8H2,1-2H3,(H,16,19)(H,17,18)(H,20,21). The molecule has 7 nitrogen and oxygen atoms in total. The molecule has 0 fully saturated rings. The second-order valence-corrected chi connectivity index (χ2v) is 5.01. The van der Waals surface area contributed by atoms with Crippen LogP contribution in [0.2, 0.25) is 0 Å². The third kappa shape index (κ3) is 6.03. The predicted molar refractivity (Wildman–Crippen MR) is 75.6 cm³/mol. The van der Waals surface area contributed by atoms with Gasteiger partial charge in [-0.05, 0) is 24.5 Å². The predicted octanol–water partition coefficient (Wildman–Crippen LogP) is 0.427. The van der Waals surface area contributed by atoms with Gasteiger partial charge in [-0.2, -0.15) is 0 Å². The van der Waals surface area contributed by atoms with Gasteiger partial charge in [0.15, 0.2) is 0 Å². The number of hydrogen-bond donors (Lipinski definition) is 3. The van der Waals surface area contributed by atoms with Gasteiger partial charge in [0.25, 0.3) is 5.91 Å². The fourth-order valence-corrected chi connectivity index (χ4v) is 1.70. The Hall–Kier alpha value is -2.44. The first-order valence-corrected chi connectivity index (χ1v) is 6.60. The van der Waals surface area contributed by atoms with Gasteiger partial charge in [0.2, 0.25) is 5.91 Å². The van der Waals surface area contributed by atoms with Crippen molar-refractivity contribution in [2.45, 2.75) is 26.3 Å². The maximum Gasteiger partial charge on any atom is 0.326 e. The summed E-state index contributed by atoms with van der Waals surface area (Å²) in [6.45, 7) is 3.45. The molecule has 2 amide bonds. The first-order chi connectivity index (χ1) is 9.90. The zero-order chi connectivity index (χ0) is 15.8. The fourth-order valence-electron chi connectivity index (χ4n) is 1.70. The summed E-state index contributed by atoms with van der Waals surface area (Å²) in [5, 5.41) is 13.8. The highest BCUT2D eigenvalue weighted by Gasteiger charge is 2.21. The second kappa shape index (κ2) is 7.98. The molecule has 1 atom stereocenters. The summed E-state index contributed by atoms with van der Waals surface area (Å²) >= 11 is 0. The van der Waals surface area contributed by atoms with E-state index in [0.717, 1.165) is 0 Å². The number of nitrogens with one attached hydrogen (secondary N) is 2. The Kier molecular flexibility index (Phi) is 6.32. The van der Waals surface area contributed by atoms with Crippen molar-refractivity contribution in [2.24, 2.45) is 5.92 Å². The van der Waals surface area contributed by atoms with Gasteiger partial charge >= 0.3 is 5.97 Å². The Labute approximate surface area is 122 Å². The van der Waals surface area contributed by atoms with Crippen LogP contribution in [0.3, 0.4) is 0 Å². The van der Waals surface area contributed by atoms with E-state index in [-0.39, 0.29) is 12.5 Å². The zero-order valence-corrected chi connectivity index (χ0v) is 12.0. The molecule has 0 aromatic carbocycles. The largest absolute Gasteiger partial charge is 0.480 e. The molecule has 21 heavy (non-hydrogen) atoms. The van der Waals surface area contributed by atoms with Crippen molar-refractivity contribution in [2.75, 3.05) is 6.54 Å². The smallest absolute Gasteiger partial charge is 0.326 e. The Balaban J connectivity index is 2.46. The molecule has 0 aliphatic heterocycles. The molecule has 1 aromatic heterocycles. The molecule has 3 N–H and O–H groups in total. The molecule has 0 aliphatic rings. The van der Waals surface area contributed by atoms with Gasteiger partial charge < -0.3 is 15.7 Å². The molecule has 0 spiro atoms. The fraction of sp³-hybridized carbons (Fsp3) is 0.429. The molecule has 1 aromatic rings. The summed E-state index contributed by atoms with van der Waals surface area (Å²) in [6, 6.07) is 2.23. The summed E-state index contributed by atoms with van der Waals surface area (Å²) in [4.78, 5) is 38.2. The van der Waals surface area contributed by atoms with E-state index in [1.54, 1.807) is 12.1 Å². The molecule has 0 bridgehead atoms. The van der Waals surface area contributed by atoms with Crippen molar-refractivity contribution >= 4 is 17.8 Å². The number of rotatable bonds is 7. The average molecular weight is 293 g/mol. The molecule has 114 valence electrons. The maximum absolute atomic E-state index is 11.7. The third-order valence-electron chi connectivity index (χ3n) is 2.67. The van der Waals surface area contributed by atoms with Crippen molar-refractivity contribution in [1.29, 1.82) is 0 Å². The van der Waals surface area contributed by atoms with Crippen LogP contribution in [0.15, 0.2) is 24.5 Å². The molecule has 0 radical (unpaired) electrons. The molecule has 0 saturated carbocycles. The Bertz CT molecular complexity index is 502. The minimum Gasteiger partial charge on any atom is -0.480 e. The van der Waals surface area contributed by atoms with Crippen molar-refractivity contribution < 1.29 is 19.5 Å². The highest BCUT2D eigenvalue weighted by Crippen LogP contribution is 2.04. The topological polar surface area (TPSA) is 108 Å². The Morgan fingerprint density at radius 2 is 2.05 bits per heavy atom. The minimum atomic E-state index is -1.09. The third-order valence-corrected chi connectivity index (χ3v) is 2.67. The molecule has 1 unspecified atom stereocenters. The molecular weight excluding hydrogens is 274 g/mol. The van der Waals surface area contributed by atoms with Gasteiger partial charge in [-0.1, -0.05) is 13.8 Å². The van der Waals surface area contributed by atoms with Crippen LogP contribution in [0.5, 0.6) is 0 Å². The van der Waals surface area contributed by atoms with E-state index in [0.29, 0.717) is 12.0 Å². The van der Waals surface area contributed by atoms with Crippen LogP contribution in [-0.4, -0.2) is 40.5 Å². The van der Waals surface area contributed by atoms with E-state index < -0.39 is 23.8 Å². The first kappa shape index (κ1) is 16.6. The first-order valence-electron chi connectivity index (χ1n) is 6.60. The lowest BCUT2D eigenvalue weighted by atomic mass is 10.0. The van der Waals surface area contributed by atoms with Crippen LogP contribution in [-0.2, 0) is 9.59 Å². The van der Waals surface area contributed by atoms with Gasteiger partial charge in [0, 0.05) is 12.4 Å². The Morgan fingerprint density at radius 1 is 1.33 bits per heavy atom. The molecule has 7 heteroatoms. The van der Waals surface area contributed by atoms with E-state index in [2.05, 4.69) is 15.6 Å². The van der Waals surface area contributed by atoms with Gasteiger partial charge in [-0.15, -0.1) is 0 Å². The quantitative estimate of drug-likeness (QED) is 0.675. The maximum atomic E-state index is 11.7. The number of aromatic nitrogens is 1. The summed E-state index contributed by atoms with van der Waals surface area (Å²) < 4.78 is 0. The summed E-state index contributed by atoms with van der Waals surface area (Å²) in [7, 11) is 0. The van der Waals surface area contributed by atoms with E-state index in [9.17, 15) is 14.4 Å². The van der Waals surface area contributed by atoms with Crippen molar-refractivity contribution in [3.05, 3.63) is 30.1 Å². The Morgan fingerprint density at radius 3 is 2.57 bits per heavy atom. The van der Waals surface area contributed by atoms with E-state index >= 15 is 0 Å². The molecule has 0 saturated heterocycles. The lowest BCUT2D eigenvalue weighted by Crippen LogP contribution is -2.46. The summed E-state index contributed by atoms with van der Waals surface area (Å²) in [6.07, 6.45) is 3.25. The van der Waals surface area contributed by atoms with Crippen LogP contribution in [0.25, 0.3) is 0 Å². The minimum absolute atomic E-state index is 0.136. The normalized spacial score (nSPS) is 11.8. The SMILES string of the molecule is CC(C)CC(NC(=O)CNC(=O)c1cccnc1)C(=O)O. The summed E-state index contributed by atoms with van der Waals surface area (Å²) in [5.74, 6) is -1.93. The lowest BCUT2D eigenvalue weighted by molar-refractivity contribution is -0.142. The number of hydrogen-bond acceptors (Lipinski definition) is 4. The number of carboxylic acids is 1. The number of carbonyl (C=O) groups is 3. The van der Waals surface area contributed by atoms with Crippen molar-refractivity contribution in [3.8, 4) is 0 Å². The molecule has 0 aliphatic carbocycles. The monoisotopic (exact) mass is 293 g/mol. The summed E-state index contributed by atoms with van der Waals surface area (Å²) in [5.41, 5.74) is 0.335. The highest BCUT2D eigenvalue weighted by molar-refractivity contribution is 5.96. The van der Waals surface area contributed by atoms with Crippen molar-refractivity contribution in [3.63, 3.8) is 0 Å². The van der Waals surface area contributed by atoms with Crippen LogP contribution in [0.1, 0.15) is 30.6 Å². The molecule has 1 rings (SSSR count). The van der Waals surface area contributed by atoms with Gasteiger partial charge in [-0.25, -0.2) is 4.79 Å².